The Morgan fingerprint density at radius 3 is 2.83 bits per heavy atom. The van der Waals surface area contributed by atoms with Crippen LogP contribution in [0.1, 0.15) is 43.2 Å². The van der Waals surface area contributed by atoms with E-state index in [-0.39, 0.29) is 11.3 Å². The number of hydrogen-bond acceptors (Lipinski definition) is 1. The lowest BCUT2D eigenvalue weighted by Crippen LogP contribution is -2.46. The predicted octanol–water partition coefficient (Wildman–Crippen LogP) is 3.80. The minimum atomic E-state index is -0.670. The van der Waals surface area contributed by atoms with Crippen LogP contribution in [0.3, 0.4) is 0 Å². The van der Waals surface area contributed by atoms with E-state index < -0.39 is 5.97 Å². The van der Waals surface area contributed by atoms with Crippen molar-refractivity contribution >= 4 is 17.6 Å². The first-order valence-electron chi connectivity index (χ1n) is 6.63. The fraction of sp³-hybridized carbons (Fsp3) is 0.533. The van der Waals surface area contributed by atoms with Gasteiger partial charge in [0.05, 0.1) is 0 Å². The second kappa shape index (κ2) is 4.27. The number of halogens is 1. The van der Waals surface area contributed by atoms with Crippen molar-refractivity contribution in [3.05, 3.63) is 34.3 Å². The maximum Gasteiger partial charge on any atom is 0.303 e. The van der Waals surface area contributed by atoms with Gasteiger partial charge in [-0.05, 0) is 54.2 Å². The van der Waals surface area contributed by atoms with E-state index in [1.807, 2.05) is 12.1 Å². The Hall–Kier alpha value is -1.02. The second-order valence-corrected chi connectivity index (χ2v) is 6.02. The maximum atomic E-state index is 11.0. The molecular weight excluding hydrogens is 248 g/mol. The molecule has 1 atom stereocenters. The highest BCUT2D eigenvalue weighted by Gasteiger charge is 2.49. The molecule has 0 aromatic heterocycles. The van der Waals surface area contributed by atoms with Gasteiger partial charge < -0.3 is 5.11 Å². The van der Waals surface area contributed by atoms with Crippen molar-refractivity contribution in [3.63, 3.8) is 0 Å². The summed E-state index contributed by atoms with van der Waals surface area (Å²) < 4.78 is 0. The van der Waals surface area contributed by atoms with E-state index in [1.165, 1.54) is 17.5 Å². The molecule has 0 aliphatic heterocycles. The van der Waals surface area contributed by atoms with E-state index in [0.29, 0.717) is 6.42 Å². The molecule has 0 heterocycles. The summed E-state index contributed by atoms with van der Waals surface area (Å²) in [4.78, 5) is 11.0. The molecule has 1 N–H and O–H groups in total. The molecule has 1 saturated carbocycles. The standard InChI is InChI=1S/C15H17ClO2/c16-13-4-1-3-12-11(13)6-5-10(9-14(17)18)15(12)7-2-8-15/h1,3-4,10H,2,5-9H2,(H,17,18). The van der Waals surface area contributed by atoms with Gasteiger partial charge in [0.1, 0.15) is 0 Å². The molecule has 1 unspecified atom stereocenters. The highest BCUT2D eigenvalue weighted by atomic mass is 35.5. The summed E-state index contributed by atoms with van der Waals surface area (Å²) in [5, 5.41) is 9.95. The van der Waals surface area contributed by atoms with Gasteiger partial charge in [-0.15, -0.1) is 0 Å². The smallest absolute Gasteiger partial charge is 0.303 e. The maximum absolute atomic E-state index is 11.0. The minimum Gasteiger partial charge on any atom is -0.481 e. The van der Waals surface area contributed by atoms with E-state index in [2.05, 4.69) is 6.07 Å². The number of benzene rings is 1. The lowest BCUT2D eigenvalue weighted by Gasteiger charge is -2.52. The summed E-state index contributed by atoms with van der Waals surface area (Å²) in [5.41, 5.74) is 2.70. The summed E-state index contributed by atoms with van der Waals surface area (Å²) in [6.45, 7) is 0. The summed E-state index contributed by atoms with van der Waals surface area (Å²) in [6.07, 6.45) is 5.64. The topological polar surface area (TPSA) is 37.3 Å². The lowest BCUT2D eigenvalue weighted by molar-refractivity contribution is -0.139. The molecule has 1 fully saturated rings. The van der Waals surface area contributed by atoms with Crippen molar-refractivity contribution in [2.75, 3.05) is 0 Å². The molecule has 96 valence electrons. The number of fused-ring (bicyclic) bond motifs is 2. The minimum absolute atomic E-state index is 0.108. The lowest BCUT2D eigenvalue weighted by atomic mass is 9.52. The van der Waals surface area contributed by atoms with Crippen LogP contribution in [0.25, 0.3) is 0 Å². The second-order valence-electron chi connectivity index (χ2n) is 5.61. The number of aliphatic carboxylic acids is 1. The van der Waals surface area contributed by atoms with E-state index in [1.54, 1.807) is 0 Å². The van der Waals surface area contributed by atoms with Crippen LogP contribution in [-0.4, -0.2) is 11.1 Å². The number of carboxylic acid groups (broad SMARTS) is 1. The molecule has 2 aliphatic rings. The molecule has 1 aromatic carbocycles. The number of carbonyl (C=O) groups is 1. The fourth-order valence-electron chi connectivity index (χ4n) is 3.84. The zero-order valence-electron chi connectivity index (χ0n) is 10.3. The summed E-state index contributed by atoms with van der Waals surface area (Å²) >= 11 is 6.29. The monoisotopic (exact) mass is 264 g/mol. The molecular formula is C15H17ClO2. The van der Waals surface area contributed by atoms with Gasteiger partial charge in [0.15, 0.2) is 0 Å². The molecule has 2 nitrogen and oxygen atoms in total. The van der Waals surface area contributed by atoms with Crippen LogP contribution >= 0.6 is 11.6 Å². The van der Waals surface area contributed by atoms with Crippen LogP contribution in [0, 0.1) is 5.92 Å². The average molecular weight is 265 g/mol. The zero-order chi connectivity index (χ0) is 12.8. The fourth-order valence-corrected chi connectivity index (χ4v) is 4.11. The molecule has 1 spiro atoms. The first-order valence-corrected chi connectivity index (χ1v) is 7.01. The highest BCUT2D eigenvalue weighted by Crippen LogP contribution is 2.56. The van der Waals surface area contributed by atoms with Crippen molar-refractivity contribution < 1.29 is 9.90 Å². The normalized spacial score (nSPS) is 24.4. The van der Waals surface area contributed by atoms with E-state index >= 15 is 0 Å². The zero-order valence-corrected chi connectivity index (χ0v) is 11.0. The van der Waals surface area contributed by atoms with E-state index in [4.69, 9.17) is 16.7 Å². The van der Waals surface area contributed by atoms with Crippen LogP contribution < -0.4 is 0 Å². The Labute approximate surface area is 112 Å². The van der Waals surface area contributed by atoms with Crippen molar-refractivity contribution in [3.8, 4) is 0 Å². The summed E-state index contributed by atoms with van der Waals surface area (Å²) in [5.74, 6) is -0.383. The molecule has 3 rings (SSSR count). The van der Waals surface area contributed by atoms with Crippen LogP contribution in [-0.2, 0) is 16.6 Å². The van der Waals surface area contributed by atoms with Crippen molar-refractivity contribution in [1.82, 2.24) is 0 Å². The first-order chi connectivity index (χ1) is 8.63. The van der Waals surface area contributed by atoms with Gasteiger partial charge in [-0.25, -0.2) is 0 Å². The Balaban J connectivity index is 2.03. The molecule has 0 saturated heterocycles. The van der Waals surface area contributed by atoms with Gasteiger partial charge in [-0.3, -0.25) is 4.79 Å². The van der Waals surface area contributed by atoms with Crippen molar-refractivity contribution in [2.45, 2.75) is 43.9 Å². The third-order valence-electron chi connectivity index (χ3n) is 4.85. The first kappa shape index (κ1) is 12.0. The molecule has 1 aromatic rings. The largest absolute Gasteiger partial charge is 0.481 e. The molecule has 18 heavy (non-hydrogen) atoms. The molecule has 3 heteroatoms. The molecule has 2 aliphatic carbocycles. The third kappa shape index (κ3) is 1.66. The van der Waals surface area contributed by atoms with Gasteiger partial charge in [0.25, 0.3) is 0 Å². The Kier molecular flexibility index (Phi) is 2.86. The van der Waals surface area contributed by atoms with Gasteiger partial charge in [-0.1, -0.05) is 30.2 Å². The number of carboxylic acids is 1. The van der Waals surface area contributed by atoms with Crippen LogP contribution in [0.4, 0.5) is 0 Å². The quantitative estimate of drug-likeness (QED) is 0.882. The van der Waals surface area contributed by atoms with Gasteiger partial charge >= 0.3 is 5.97 Å². The molecule has 0 radical (unpaired) electrons. The van der Waals surface area contributed by atoms with E-state index in [9.17, 15) is 4.79 Å². The predicted molar refractivity (Wildman–Crippen MR) is 71.0 cm³/mol. The van der Waals surface area contributed by atoms with Crippen molar-refractivity contribution in [2.24, 2.45) is 5.92 Å². The van der Waals surface area contributed by atoms with Crippen LogP contribution in [0.15, 0.2) is 18.2 Å². The highest BCUT2D eigenvalue weighted by molar-refractivity contribution is 6.31. The molecule has 0 amide bonds. The van der Waals surface area contributed by atoms with Crippen LogP contribution in [0.5, 0.6) is 0 Å². The number of hydrogen-bond donors (Lipinski definition) is 1. The Bertz CT molecular complexity index is 491. The number of rotatable bonds is 2. The van der Waals surface area contributed by atoms with Gasteiger partial charge in [-0.2, -0.15) is 0 Å². The molecule has 0 bridgehead atoms. The van der Waals surface area contributed by atoms with Crippen molar-refractivity contribution in [1.29, 1.82) is 0 Å². The SMILES string of the molecule is O=C(O)CC1CCc2c(Cl)cccc2C12CCC2. The van der Waals surface area contributed by atoms with Gasteiger partial charge in [0.2, 0.25) is 0 Å². The average Bonchev–Trinajstić information content (AvgIpc) is 2.26. The Morgan fingerprint density at radius 2 is 2.22 bits per heavy atom. The summed E-state index contributed by atoms with van der Waals surface area (Å²) in [6, 6.07) is 6.11. The van der Waals surface area contributed by atoms with E-state index in [0.717, 1.165) is 30.7 Å². The Morgan fingerprint density at radius 1 is 1.44 bits per heavy atom. The summed E-state index contributed by atoms with van der Waals surface area (Å²) in [7, 11) is 0. The van der Waals surface area contributed by atoms with Crippen LogP contribution in [0.2, 0.25) is 5.02 Å². The van der Waals surface area contributed by atoms with Gasteiger partial charge in [0, 0.05) is 11.4 Å². The third-order valence-corrected chi connectivity index (χ3v) is 5.20.